The summed E-state index contributed by atoms with van der Waals surface area (Å²) >= 11 is 0. The number of hydrogen-bond acceptors (Lipinski definition) is 6. The fourth-order valence-electron chi connectivity index (χ4n) is 2.32. The van der Waals surface area contributed by atoms with Crippen molar-refractivity contribution in [3.05, 3.63) is 18.1 Å². The van der Waals surface area contributed by atoms with E-state index in [1.165, 1.54) is 13.3 Å². The van der Waals surface area contributed by atoms with Gasteiger partial charge >= 0.3 is 11.9 Å². The van der Waals surface area contributed by atoms with Crippen LogP contribution in [0.4, 0.5) is 5.82 Å². The molecule has 1 aliphatic heterocycles. The van der Waals surface area contributed by atoms with Gasteiger partial charge in [0.2, 0.25) is 5.82 Å². The van der Waals surface area contributed by atoms with Gasteiger partial charge in [0, 0.05) is 25.7 Å². The van der Waals surface area contributed by atoms with E-state index in [0.717, 1.165) is 19.5 Å². The maximum atomic E-state index is 11.4. The van der Waals surface area contributed by atoms with Crippen molar-refractivity contribution in [1.82, 2.24) is 9.97 Å². The van der Waals surface area contributed by atoms with E-state index in [2.05, 4.69) is 14.7 Å². The van der Waals surface area contributed by atoms with Crippen LogP contribution in [0.1, 0.15) is 29.9 Å². The molecule has 1 aliphatic rings. The van der Waals surface area contributed by atoms with Gasteiger partial charge in [-0.05, 0) is 24.8 Å². The zero-order valence-corrected chi connectivity index (χ0v) is 11.3. The van der Waals surface area contributed by atoms with E-state index in [9.17, 15) is 9.59 Å². The van der Waals surface area contributed by atoms with Gasteiger partial charge in [-0.1, -0.05) is 0 Å². The molecule has 0 saturated carbocycles. The Balaban J connectivity index is 1.99. The number of aromatic nitrogens is 2. The molecule has 1 N–H and O–H groups in total. The predicted octanol–water partition coefficient (Wildman–Crippen LogP) is 0.954. The summed E-state index contributed by atoms with van der Waals surface area (Å²) in [5.74, 6) is -0.258. The molecule has 2 heterocycles. The number of carbonyl (C=O) groups is 2. The van der Waals surface area contributed by atoms with Crippen LogP contribution in [0, 0.1) is 5.92 Å². The van der Waals surface area contributed by atoms with Crippen LogP contribution >= 0.6 is 0 Å². The second-order valence-corrected chi connectivity index (χ2v) is 4.76. The highest BCUT2D eigenvalue weighted by Crippen LogP contribution is 2.25. The smallest absolute Gasteiger partial charge is 0.376 e. The van der Waals surface area contributed by atoms with Crippen LogP contribution in [0.5, 0.6) is 0 Å². The lowest BCUT2D eigenvalue weighted by Crippen LogP contribution is -2.22. The number of anilines is 1. The first-order valence-electron chi connectivity index (χ1n) is 6.48. The van der Waals surface area contributed by atoms with Crippen LogP contribution in [0.25, 0.3) is 0 Å². The van der Waals surface area contributed by atoms with Crippen LogP contribution in [-0.4, -0.2) is 47.2 Å². The van der Waals surface area contributed by atoms with Crippen molar-refractivity contribution >= 4 is 17.8 Å². The van der Waals surface area contributed by atoms with E-state index in [4.69, 9.17) is 5.11 Å². The summed E-state index contributed by atoms with van der Waals surface area (Å²) in [6.07, 6.45) is 3.32. The summed E-state index contributed by atoms with van der Waals surface area (Å²) in [5.41, 5.74) is 0. The monoisotopic (exact) mass is 279 g/mol. The molecule has 0 amide bonds. The number of ether oxygens (including phenoxy) is 1. The lowest BCUT2D eigenvalue weighted by molar-refractivity contribution is -0.137. The molecule has 1 fully saturated rings. The molecule has 0 bridgehead atoms. The molecule has 1 atom stereocenters. The minimum absolute atomic E-state index is 0.0407. The van der Waals surface area contributed by atoms with Crippen molar-refractivity contribution < 1.29 is 19.4 Å². The van der Waals surface area contributed by atoms with Crippen LogP contribution in [0.3, 0.4) is 0 Å². The number of rotatable bonds is 5. The molecular weight excluding hydrogens is 262 g/mol. The van der Waals surface area contributed by atoms with Crippen molar-refractivity contribution in [3.8, 4) is 0 Å². The van der Waals surface area contributed by atoms with Crippen molar-refractivity contribution in [2.45, 2.75) is 19.3 Å². The highest BCUT2D eigenvalue weighted by atomic mass is 16.5. The minimum Gasteiger partial charge on any atom is -0.481 e. The summed E-state index contributed by atoms with van der Waals surface area (Å²) in [7, 11) is 1.29. The van der Waals surface area contributed by atoms with Gasteiger partial charge in [0.05, 0.1) is 7.11 Å². The van der Waals surface area contributed by atoms with Crippen molar-refractivity contribution in [2.75, 3.05) is 25.1 Å². The van der Waals surface area contributed by atoms with Gasteiger partial charge in [0.25, 0.3) is 0 Å². The molecule has 2 rings (SSSR count). The molecule has 0 aromatic carbocycles. The van der Waals surface area contributed by atoms with Crippen LogP contribution < -0.4 is 4.90 Å². The Morgan fingerprint density at radius 1 is 1.55 bits per heavy atom. The number of carbonyl (C=O) groups excluding carboxylic acids is 1. The maximum Gasteiger partial charge on any atom is 0.376 e. The number of aliphatic carboxylic acids is 1. The number of carboxylic acid groups (broad SMARTS) is 1. The molecule has 7 heteroatoms. The second kappa shape index (κ2) is 6.31. The Hall–Kier alpha value is -2.18. The van der Waals surface area contributed by atoms with E-state index < -0.39 is 11.9 Å². The number of hydrogen-bond donors (Lipinski definition) is 1. The molecule has 0 aliphatic carbocycles. The maximum absolute atomic E-state index is 11.4. The topological polar surface area (TPSA) is 92.6 Å². The quantitative estimate of drug-likeness (QED) is 0.802. The zero-order valence-electron chi connectivity index (χ0n) is 11.3. The molecule has 1 aromatic heterocycles. The minimum atomic E-state index is -0.765. The molecule has 20 heavy (non-hydrogen) atoms. The first kappa shape index (κ1) is 14.2. The Labute approximate surface area is 116 Å². The van der Waals surface area contributed by atoms with Crippen LogP contribution in [-0.2, 0) is 9.53 Å². The van der Waals surface area contributed by atoms with Crippen molar-refractivity contribution in [1.29, 1.82) is 0 Å². The Morgan fingerprint density at radius 2 is 2.35 bits per heavy atom. The number of carboxylic acids is 1. The molecule has 0 spiro atoms. The van der Waals surface area contributed by atoms with Crippen molar-refractivity contribution in [3.63, 3.8) is 0 Å². The lowest BCUT2D eigenvalue weighted by Gasteiger charge is -2.17. The van der Waals surface area contributed by atoms with E-state index in [1.54, 1.807) is 6.07 Å². The predicted molar refractivity (Wildman–Crippen MR) is 70.6 cm³/mol. The summed E-state index contributed by atoms with van der Waals surface area (Å²) < 4.78 is 4.59. The Morgan fingerprint density at radius 3 is 3.05 bits per heavy atom. The number of nitrogens with zero attached hydrogens (tertiary/aromatic N) is 3. The highest BCUT2D eigenvalue weighted by Gasteiger charge is 2.24. The fraction of sp³-hybridized carbons (Fsp3) is 0.538. The Kier molecular flexibility index (Phi) is 4.49. The zero-order chi connectivity index (χ0) is 14.5. The average molecular weight is 279 g/mol. The van der Waals surface area contributed by atoms with Gasteiger partial charge in [0.15, 0.2) is 0 Å². The molecule has 0 radical (unpaired) electrons. The highest BCUT2D eigenvalue weighted by molar-refractivity contribution is 5.85. The van der Waals surface area contributed by atoms with Gasteiger partial charge in [-0.3, -0.25) is 4.79 Å². The van der Waals surface area contributed by atoms with Gasteiger partial charge in [-0.15, -0.1) is 0 Å². The summed E-state index contributed by atoms with van der Waals surface area (Å²) in [6, 6.07) is 1.74. The van der Waals surface area contributed by atoms with Crippen LogP contribution in [0.15, 0.2) is 12.3 Å². The van der Waals surface area contributed by atoms with Gasteiger partial charge in [0.1, 0.15) is 5.82 Å². The van der Waals surface area contributed by atoms with Gasteiger partial charge in [-0.25, -0.2) is 14.8 Å². The first-order chi connectivity index (χ1) is 9.60. The van der Waals surface area contributed by atoms with Crippen LogP contribution in [0.2, 0.25) is 0 Å². The standard InChI is InChI=1S/C13H17N3O4/c1-20-13(19)12-14-6-4-10(15-12)16-7-5-9(8-16)2-3-11(17)18/h4,6,9H,2-3,5,7-8H2,1H3,(H,17,18). The first-order valence-corrected chi connectivity index (χ1v) is 6.48. The van der Waals surface area contributed by atoms with Gasteiger partial charge in [-0.2, -0.15) is 0 Å². The lowest BCUT2D eigenvalue weighted by atomic mass is 10.0. The Bertz CT molecular complexity index is 506. The second-order valence-electron chi connectivity index (χ2n) is 4.76. The normalized spacial score (nSPS) is 18.1. The molecule has 108 valence electrons. The fourth-order valence-corrected chi connectivity index (χ4v) is 2.32. The van der Waals surface area contributed by atoms with E-state index in [1.807, 2.05) is 4.90 Å². The van der Waals surface area contributed by atoms with E-state index in [0.29, 0.717) is 18.2 Å². The third-order valence-corrected chi connectivity index (χ3v) is 3.39. The molecule has 7 nitrogen and oxygen atoms in total. The number of esters is 1. The molecular formula is C13H17N3O4. The molecule has 1 aromatic rings. The third kappa shape index (κ3) is 3.43. The number of methoxy groups -OCH3 is 1. The third-order valence-electron chi connectivity index (χ3n) is 3.39. The largest absolute Gasteiger partial charge is 0.481 e. The average Bonchev–Trinajstić information content (AvgIpc) is 2.93. The summed E-state index contributed by atoms with van der Waals surface area (Å²) in [5, 5.41) is 8.70. The van der Waals surface area contributed by atoms with E-state index >= 15 is 0 Å². The van der Waals surface area contributed by atoms with Crippen molar-refractivity contribution in [2.24, 2.45) is 5.92 Å². The SMILES string of the molecule is COC(=O)c1nccc(N2CCC(CCC(=O)O)C2)n1. The van der Waals surface area contributed by atoms with Gasteiger partial charge < -0.3 is 14.7 Å². The van der Waals surface area contributed by atoms with E-state index in [-0.39, 0.29) is 12.2 Å². The summed E-state index contributed by atoms with van der Waals surface area (Å²) in [4.78, 5) is 32.1. The molecule has 1 unspecified atom stereocenters. The summed E-state index contributed by atoms with van der Waals surface area (Å²) in [6.45, 7) is 1.56. The molecule has 1 saturated heterocycles.